The molecule has 0 heterocycles. The van der Waals surface area contributed by atoms with Crippen LogP contribution in [0.3, 0.4) is 0 Å². The molecule has 0 aromatic carbocycles. The maximum Gasteiger partial charge on any atom is -0.0236 e. The van der Waals surface area contributed by atoms with Gasteiger partial charge < -0.3 is 12.3 Å². The Hall–Kier alpha value is -0.340. The van der Waals surface area contributed by atoms with Crippen molar-refractivity contribution < 1.29 is 0 Å². The van der Waals surface area contributed by atoms with Gasteiger partial charge >= 0.3 is 0 Å². The van der Waals surface area contributed by atoms with Crippen molar-refractivity contribution in [1.82, 2.24) is 12.3 Å². The van der Waals surface area contributed by atoms with Crippen LogP contribution in [0.5, 0.6) is 0 Å². The summed E-state index contributed by atoms with van der Waals surface area (Å²) >= 11 is 0. The van der Waals surface area contributed by atoms with E-state index >= 15 is 0 Å². The Morgan fingerprint density at radius 2 is 1.36 bits per heavy atom. The minimum absolute atomic E-state index is 0. The van der Waals surface area contributed by atoms with Gasteiger partial charge in [0.1, 0.15) is 0 Å². The van der Waals surface area contributed by atoms with Gasteiger partial charge in [0.15, 0.2) is 0 Å². The van der Waals surface area contributed by atoms with Gasteiger partial charge in [-0.3, -0.25) is 0 Å². The van der Waals surface area contributed by atoms with Crippen molar-refractivity contribution in [3.63, 3.8) is 0 Å². The van der Waals surface area contributed by atoms with Gasteiger partial charge in [-0.25, -0.2) is 0 Å². The van der Waals surface area contributed by atoms with Crippen molar-refractivity contribution in [2.24, 2.45) is 5.92 Å². The highest BCUT2D eigenvalue weighted by Gasteiger charge is 2.06. The second-order valence-corrected chi connectivity index (χ2v) is 2.99. The molecule has 6 N–H and O–H groups in total. The van der Waals surface area contributed by atoms with Crippen molar-refractivity contribution >= 4 is 0 Å². The lowest BCUT2D eigenvalue weighted by molar-refractivity contribution is 0.560. The molecule has 0 atom stereocenters. The van der Waals surface area contributed by atoms with Crippen LogP contribution in [-0.4, -0.2) is 0 Å². The first kappa shape index (κ1) is 13.3. The molecule has 0 saturated heterocycles. The summed E-state index contributed by atoms with van der Waals surface area (Å²) in [5.74, 6) is 0.840. The molecule has 0 unspecified atom stereocenters. The molecule has 1 rings (SSSR count). The minimum Gasteiger partial charge on any atom is -0.344 e. The van der Waals surface area contributed by atoms with Crippen LogP contribution in [0.15, 0.2) is 12.7 Å². The molecular formula is C9H22N2. The van der Waals surface area contributed by atoms with Crippen molar-refractivity contribution in [3.05, 3.63) is 12.7 Å². The Kier molecular flexibility index (Phi) is 9.36. The van der Waals surface area contributed by atoms with Gasteiger partial charge in [0.05, 0.1) is 0 Å². The van der Waals surface area contributed by atoms with Crippen LogP contribution in [-0.2, 0) is 0 Å². The van der Waals surface area contributed by atoms with Crippen LogP contribution in [0.1, 0.15) is 38.5 Å². The summed E-state index contributed by atoms with van der Waals surface area (Å²) in [6, 6.07) is 0. The van der Waals surface area contributed by atoms with Crippen molar-refractivity contribution in [2.45, 2.75) is 38.5 Å². The number of rotatable bonds is 1. The standard InChI is InChI=1S/C9H16.2H3N/c1-2-9-7-5-3-4-6-8-9;;/h2,9H,1,3-8H2;2*1H3. The smallest absolute Gasteiger partial charge is 0.0236 e. The third kappa shape index (κ3) is 4.99. The van der Waals surface area contributed by atoms with Gasteiger partial charge in [0, 0.05) is 0 Å². The van der Waals surface area contributed by atoms with Gasteiger partial charge in [-0.2, -0.15) is 0 Å². The lowest BCUT2D eigenvalue weighted by Gasteiger charge is -2.04. The van der Waals surface area contributed by atoms with Crippen molar-refractivity contribution in [1.29, 1.82) is 0 Å². The fourth-order valence-electron chi connectivity index (χ4n) is 1.55. The SMILES string of the molecule is C=CC1CCCCCC1.N.N. The Morgan fingerprint density at radius 3 is 1.73 bits per heavy atom. The first-order valence-corrected chi connectivity index (χ1v) is 4.06. The van der Waals surface area contributed by atoms with E-state index in [1.54, 1.807) is 0 Å². The van der Waals surface area contributed by atoms with E-state index < -0.39 is 0 Å². The summed E-state index contributed by atoms with van der Waals surface area (Å²) in [4.78, 5) is 0. The van der Waals surface area contributed by atoms with Gasteiger partial charge in [-0.1, -0.05) is 31.8 Å². The maximum absolute atomic E-state index is 3.83. The Labute approximate surface area is 70.2 Å². The van der Waals surface area contributed by atoms with E-state index in [1.807, 2.05) is 0 Å². The van der Waals surface area contributed by atoms with E-state index in [0.717, 1.165) is 5.92 Å². The molecule has 2 heteroatoms. The normalized spacial score (nSPS) is 18.9. The van der Waals surface area contributed by atoms with Crippen LogP contribution in [0, 0.1) is 5.92 Å². The highest BCUT2D eigenvalue weighted by molar-refractivity contribution is 4.80. The van der Waals surface area contributed by atoms with Crippen molar-refractivity contribution in [2.75, 3.05) is 0 Å². The highest BCUT2D eigenvalue weighted by Crippen LogP contribution is 2.22. The average molecular weight is 158 g/mol. The van der Waals surface area contributed by atoms with Gasteiger partial charge in [0.2, 0.25) is 0 Å². The predicted molar refractivity (Wildman–Crippen MR) is 51.4 cm³/mol. The van der Waals surface area contributed by atoms with E-state index in [-0.39, 0.29) is 12.3 Å². The molecule has 0 aliphatic heterocycles. The fraction of sp³-hybridized carbons (Fsp3) is 0.778. The number of hydrogen-bond donors (Lipinski definition) is 2. The van der Waals surface area contributed by atoms with Crippen LogP contribution >= 0.6 is 0 Å². The summed E-state index contributed by atoms with van der Waals surface area (Å²) in [6.45, 7) is 3.83. The van der Waals surface area contributed by atoms with E-state index in [4.69, 9.17) is 0 Å². The third-order valence-electron chi connectivity index (χ3n) is 2.23. The average Bonchev–Trinajstić information content (AvgIpc) is 2.13. The fourth-order valence-corrected chi connectivity index (χ4v) is 1.55. The first-order chi connectivity index (χ1) is 4.43. The second-order valence-electron chi connectivity index (χ2n) is 2.99. The zero-order chi connectivity index (χ0) is 6.53. The van der Waals surface area contributed by atoms with E-state index in [2.05, 4.69) is 12.7 Å². The Bertz CT molecular complexity index is 83.6. The van der Waals surface area contributed by atoms with Crippen molar-refractivity contribution in [3.8, 4) is 0 Å². The molecule has 0 radical (unpaired) electrons. The molecule has 0 aromatic heterocycles. The lowest BCUT2D eigenvalue weighted by atomic mass is 10.0. The zero-order valence-electron chi connectivity index (χ0n) is 7.52. The number of hydrogen-bond acceptors (Lipinski definition) is 2. The van der Waals surface area contributed by atoms with Crippen LogP contribution in [0.2, 0.25) is 0 Å². The topological polar surface area (TPSA) is 70.0 Å². The molecule has 0 amide bonds. The second kappa shape index (κ2) is 7.76. The molecule has 0 bridgehead atoms. The Balaban J connectivity index is 0. The molecule has 0 spiro atoms. The molecule has 1 fully saturated rings. The summed E-state index contributed by atoms with van der Waals surface area (Å²) < 4.78 is 0. The monoisotopic (exact) mass is 158 g/mol. The van der Waals surface area contributed by atoms with E-state index in [1.165, 1.54) is 38.5 Å². The van der Waals surface area contributed by atoms with Gasteiger partial charge in [-0.15, -0.1) is 6.58 Å². The largest absolute Gasteiger partial charge is 0.344 e. The molecule has 68 valence electrons. The minimum atomic E-state index is 0. The Morgan fingerprint density at radius 1 is 0.909 bits per heavy atom. The van der Waals surface area contributed by atoms with Gasteiger partial charge in [-0.05, 0) is 18.8 Å². The van der Waals surface area contributed by atoms with E-state index in [9.17, 15) is 0 Å². The quantitative estimate of drug-likeness (QED) is 0.453. The molecule has 1 aliphatic rings. The van der Waals surface area contributed by atoms with E-state index in [0.29, 0.717) is 0 Å². The third-order valence-corrected chi connectivity index (χ3v) is 2.23. The number of allylic oxidation sites excluding steroid dienone is 1. The van der Waals surface area contributed by atoms with Crippen LogP contribution < -0.4 is 12.3 Å². The summed E-state index contributed by atoms with van der Waals surface area (Å²) in [7, 11) is 0. The summed E-state index contributed by atoms with van der Waals surface area (Å²) in [5, 5.41) is 0. The molecule has 11 heavy (non-hydrogen) atoms. The molecule has 1 aliphatic carbocycles. The summed E-state index contributed by atoms with van der Waals surface area (Å²) in [5.41, 5.74) is 0. The van der Waals surface area contributed by atoms with Crippen LogP contribution in [0.4, 0.5) is 0 Å². The maximum atomic E-state index is 3.83. The first-order valence-electron chi connectivity index (χ1n) is 4.06. The molecule has 2 nitrogen and oxygen atoms in total. The molecule has 0 aromatic rings. The molecular weight excluding hydrogens is 136 g/mol. The van der Waals surface area contributed by atoms with Gasteiger partial charge in [0.25, 0.3) is 0 Å². The summed E-state index contributed by atoms with van der Waals surface area (Å²) in [6.07, 6.45) is 10.7. The predicted octanol–water partition coefficient (Wildman–Crippen LogP) is 3.47. The zero-order valence-corrected chi connectivity index (χ0v) is 7.52. The lowest BCUT2D eigenvalue weighted by Crippen LogP contribution is -1.91. The molecule has 1 saturated carbocycles. The van der Waals surface area contributed by atoms with Crippen LogP contribution in [0.25, 0.3) is 0 Å². The highest BCUT2D eigenvalue weighted by atomic mass is 14.1.